The second kappa shape index (κ2) is 5.20. The van der Waals surface area contributed by atoms with Gasteiger partial charge in [0.25, 0.3) is 0 Å². The van der Waals surface area contributed by atoms with Crippen LogP contribution >= 0.6 is 15.9 Å². The van der Waals surface area contributed by atoms with Gasteiger partial charge in [-0.3, -0.25) is 0 Å². The number of aromatic nitrogens is 4. The van der Waals surface area contributed by atoms with Crippen LogP contribution in [0.1, 0.15) is 11.4 Å². The zero-order valence-electron chi connectivity index (χ0n) is 11.9. The van der Waals surface area contributed by atoms with Gasteiger partial charge in [-0.05, 0) is 39.7 Å². The first-order valence-corrected chi connectivity index (χ1v) is 7.79. The molecule has 4 rings (SSSR count). The number of para-hydroxylation sites is 1. The number of nitrogens with zero attached hydrogens (tertiary/aromatic N) is 4. The summed E-state index contributed by atoms with van der Waals surface area (Å²) in [5.74, 6) is 1.10. The fraction of sp³-hybridized carbons (Fsp3) is 0.0625. The van der Waals surface area contributed by atoms with E-state index < -0.39 is 0 Å². The molecule has 23 heavy (non-hydrogen) atoms. The van der Waals surface area contributed by atoms with Gasteiger partial charge >= 0.3 is 0 Å². The molecular formula is C16H12BrN5O. The van der Waals surface area contributed by atoms with Crippen molar-refractivity contribution in [3.63, 3.8) is 0 Å². The number of phenols is 1. The zero-order chi connectivity index (χ0) is 16.0. The molecule has 0 aliphatic heterocycles. The maximum Gasteiger partial charge on any atom is 0.240 e. The molecule has 3 N–H and O–H groups in total. The molecule has 0 spiro atoms. The molecule has 2 aromatic heterocycles. The fourth-order valence-electron chi connectivity index (χ4n) is 2.62. The molecule has 2 aromatic carbocycles. The second-order valence-electron chi connectivity index (χ2n) is 5.18. The summed E-state index contributed by atoms with van der Waals surface area (Å²) in [7, 11) is 0. The van der Waals surface area contributed by atoms with E-state index in [1.165, 1.54) is 0 Å². The van der Waals surface area contributed by atoms with Crippen LogP contribution < -0.4 is 5.73 Å². The summed E-state index contributed by atoms with van der Waals surface area (Å²) in [6.07, 6.45) is 0.485. The molecule has 114 valence electrons. The summed E-state index contributed by atoms with van der Waals surface area (Å²) in [5, 5.41) is 15.0. The Morgan fingerprint density at radius 2 is 1.91 bits per heavy atom. The van der Waals surface area contributed by atoms with Crippen molar-refractivity contribution < 1.29 is 5.11 Å². The van der Waals surface area contributed by atoms with Gasteiger partial charge in [0, 0.05) is 11.8 Å². The fourth-order valence-corrected chi connectivity index (χ4v) is 3.02. The molecule has 0 aliphatic rings. The predicted molar refractivity (Wildman–Crippen MR) is 91.3 cm³/mol. The molecule has 0 atom stereocenters. The van der Waals surface area contributed by atoms with E-state index in [1.807, 2.05) is 30.3 Å². The Labute approximate surface area is 139 Å². The Hall–Kier alpha value is -2.67. The third-order valence-electron chi connectivity index (χ3n) is 3.67. The summed E-state index contributed by atoms with van der Waals surface area (Å²) in [4.78, 5) is 9.00. The first-order chi connectivity index (χ1) is 11.1. The predicted octanol–water partition coefficient (Wildman–Crippen LogP) is 2.92. The molecular weight excluding hydrogens is 358 g/mol. The van der Waals surface area contributed by atoms with E-state index in [0.717, 1.165) is 16.5 Å². The lowest BCUT2D eigenvalue weighted by atomic mass is 10.1. The van der Waals surface area contributed by atoms with E-state index in [2.05, 4.69) is 31.0 Å². The van der Waals surface area contributed by atoms with Gasteiger partial charge in [0.15, 0.2) is 5.65 Å². The Morgan fingerprint density at radius 1 is 1.09 bits per heavy atom. The molecule has 0 amide bonds. The summed E-state index contributed by atoms with van der Waals surface area (Å²) in [6.45, 7) is 0. The number of nitrogens with two attached hydrogens (primary N) is 1. The average molecular weight is 370 g/mol. The van der Waals surface area contributed by atoms with Crippen LogP contribution in [0.3, 0.4) is 0 Å². The minimum absolute atomic E-state index is 0.192. The highest BCUT2D eigenvalue weighted by atomic mass is 79.9. The molecule has 0 fully saturated rings. The van der Waals surface area contributed by atoms with Crippen LogP contribution in [-0.4, -0.2) is 24.7 Å². The number of phenolic OH excluding ortho intramolecular Hbond substituents is 1. The third kappa shape index (κ3) is 2.29. The first-order valence-electron chi connectivity index (χ1n) is 6.99. The maximum absolute atomic E-state index is 9.85. The molecule has 4 aromatic rings. The standard InChI is InChI=1S/C16H12BrN5O/c17-14-9(4-3-7-12(14)23)8-13-19-11-6-2-1-5-10(11)15-20-16(18)21-22(13)15/h1-7,23H,8H2,(H2,18,21). The molecule has 0 saturated heterocycles. The minimum atomic E-state index is 0.192. The van der Waals surface area contributed by atoms with Gasteiger partial charge in [-0.25, -0.2) is 4.98 Å². The topological polar surface area (TPSA) is 89.3 Å². The Bertz CT molecular complexity index is 1040. The molecule has 0 radical (unpaired) electrons. The van der Waals surface area contributed by atoms with Crippen molar-refractivity contribution in [1.29, 1.82) is 0 Å². The number of hydrogen-bond acceptors (Lipinski definition) is 5. The van der Waals surface area contributed by atoms with Crippen molar-refractivity contribution in [2.75, 3.05) is 5.73 Å². The Morgan fingerprint density at radius 3 is 2.78 bits per heavy atom. The second-order valence-corrected chi connectivity index (χ2v) is 5.97. The monoisotopic (exact) mass is 369 g/mol. The zero-order valence-corrected chi connectivity index (χ0v) is 13.5. The lowest BCUT2D eigenvalue weighted by molar-refractivity contribution is 0.471. The van der Waals surface area contributed by atoms with Crippen molar-refractivity contribution >= 4 is 38.4 Å². The highest BCUT2D eigenvalue weighted by molar-refractivity contribution is 9.10. The van der Waals surface area contributed by atoms with Gasteiger partial charge in [0.05, 0.1) is 9.99 Å². The first kappa shape index (κ1) is 14.0. The number of anilines is 1. The van der Waals surface area contributed by atoms with E-state index >= 15 is 0 Å². The largest absolute Gasteiger partial charge is 0.507 e. The van der Waals surface area contributed by atoms with E-state index in [0.29, 0.717) is 22.4 Å². The molecule has 0 saturated carbocycles. The maximum atomic E-state index is 9.85. The highest BCUT2D eigenvalue weighted by Gasteiger charge is 2.14. The number of hydrogen-bond donors (Lipinski definition) is 2. The Balaban J connectivity index is 1.96. The van der Waals surface area contributed by atoms with Crippen LogP contribution in [0.4, 0.5) is 5.95 Å². The number of nitrogen functional groups attached to an aromatic ring is 1. The van der Waals surface area contributed by atoms with Crippen LogP contribution in [0.5, 0.6) is 5.75 Å². The summed E-state index contributed by atoms with van der Waals surface area (Å²) in [5.41, 5.74) is 8.20. The van der Waals surface area contributed by atoms with Crippen LogP contribution in [0.25, 0.3) is 16.6 Å². The van der Waals surface area contributed by atoms with E-state index in [4.69, 9.17) is 5.73 Å². The van der Waals surface area contributed by atoms with Crippen molar-refractivity contribution in [3.8, 4) is 5.75 Å². The average Bonchev–Trinajstić information content (AvgIpc) is 2.94. The van der Waals surface area contributed by atoms with Gasteiger partial charge in [-0.2, -0.15) is 9.50 Å². The van der Waals surface area contributed by atoms with E-state index in [1.54, 1.807) is 16.6 Å². The van der Waals surface area contributed by atoms with Crippen molar-refractivity contribution in [3.05, 3.63) is 58.3 Å². The summed E-state index contributed by atoms with van der Waals surface area (Å²) < 4.78 is 2.31. The lowest BCUT2D eigenvalue weighted by Crippen LogP contribution is -2.05. The molecule has 0 bridgehead atoms. The van der Waals surface area contributed by atoms with Gasteiger partial charge in [-0.1, -0.05) is 24.3 Å². The number of fused-ring (bicyclic) bond motifs is 3. The molecule has 7 heteroatoms. The minimum Gasteiger partial charge on any atom is -0.507 e. The normalized spacial score (nSPS) is 11.3. The van der Waals surface area contributed by atoms with Crippen LogP contribution in [0, 0.1) is 0 Å². The van der Waals surface area contributed by atoms with Crippen LogP contribution in [0.2, 0.25) is 0 Å². The summed E-state index contributed by atoms with van der Waals surface area (Å²) >= 11 is 3.41. The van der Waals surface area contributed by atoms with Gasteiger partial charge in [-0.15, -0.1) is 5.10 Å². The van der Waals surface area contributed by atoms with Gasteiger partial charge in [0.2, 0.25) is 5.95 Å². The van der Waals surface area contributed by atoms with Crippen molar-refractivity contribution in [2.24, 2.45) is 0 Å². The van der Waals surface area contributed by atoms with Crippen molar-refractivity contribution in [1.82, 2.24) is 19.6 Å². The smallest absolute Gasteiger partial charge is 0.240 e. The summed E-state index contributed by atoms with van der Waals surface area (Å²) in [6, 6.07) is 13.1. The van der Waals surface area contributed by atoms with Gasteiger partial charge < -0.3 is 10.8 Å². The lowest BCUT2D eigenvalue weighted by Gasteiger charge is -2.08. The van der Waals surface area contributed by atoms with Crippen LogP contribution in [-0.2, 0) is 6.42 Å². The van der Waals surface area contributed by atoms with E-state index in [-0.39, 0.29) is 11.7 Å². The molecule has 0 aliphatic carbocycles. The highest BCUT2D eigenvalue weighted by Crippen LogP contribution is 2.29. The molecule has 2 heterocycles. The Kier molecular flexibility index (Phi) is 3.16. The molecule has 0 unspecified atom stereocenters. The molecule has 6 nitrogen and oxygen atoms in total. The quantitative estimate of drug-likeness (QED) is 0.566. The number of halogens is 1. The number of benzene rings is 2. The van der Waals surface area contributed by atoms with Crippen molar-refractivity contribution in [2.45, 2.75) is 6.42 Å². The van der Waals surface area contributed by atoms with Gasteiger partial charge in [0.1, 0.15) is 11.6 Å². The van der Waals surface area contributed by atoms with Crippen LogP contribution in [0.15, 0.2) is 46.9 Å². The SMILES string of the molecule is Nc1nc2c3ccccc3nc(Cc3cccc(O)c3Br)n2n1. The number of rotatable bonds is 2. The third-order valence-corrected chi connectivity index (χ3v) is 4.58. The van der Waals surface area contributed by atoms with E-state index in [9.17, 15) is 5.11 Å². The number of aromatic hydroxyl groups is 1.